The Morgan fingerprint density at radius 1 is 1.47 bits per heavy atom. The Kier molecular flexibility index (Phi) is 5.40. The van der Waals surface area contributed by atoms with Gasteiger partial charge in [0.2, 0.25) is 0 Å². The molecule has 4 heteroatoms. The van der Waals surface area contributed by atoms with Crippen LogP contribution in [0, 0.1) is 11.3 Å². The summed E-state index contributed by atoms with van der Waals surface area (Å²) >= 11 is 0. The lowest BCUT2D eigenvalue weighted by molar-refractivity contribution is -0.153. The van der Waals surface area contributed by atoms with Gasteiger partial charge in [-0.3, -0.25) is 4.79 Å². The second-order valence-electron chi connectivity index (χ2n) is 5.50. The van der Waals surface area contributed by atoms with E-state index in [4.69, 9.17) is 4.74 Å². The first-order valence-corrected chi connectivity index (χ1v) is 6.41. The summed E-state index contributed by atoms with van der Waals surface area (Å²) in [4.78, 5) is 13.6. The van der Waals surface area contributed by atoms with E-state index in [1.54, 1.807) is 7.11 Å². The van der Waals surface area contributed by atoms with Crippen LogP contribution in [0.2, 0.25) is 0 Å². The van der Waals surface area contributed by atoms with E-state index >= 15 is 0 Å². The summed E-state index contributed by atoms with van der Waals surface area (Å²) in [5.74, 6) is 0.0421. The Bertz CT molecular complexity index is 247. The highest BCUT2D eigenvalue weighted by Crippen LogP contribution is 2.39. The maximum Gasteiger partial charge on any atom is 0.310 e. The molecule has 4 nitrogen and oxygen atoms in total. The van der Waals surface area contributed by atoms with Crippen LogP contribution in [0.15, 0.2) is 0 Å². The molecule has 1 rings (SSSR count). The minimum atomic E-state index is -0.631. The zero-order valence-corrected chi connectivity index (χ0v) is 11.2. The van der Waals surface area contributed by atoms with E-state index in [-0.39, 0.29) is 0 Å². The molecular weight excluding hydrogens is 218 g/mol. The molecule has 0 atom stereocenters. The molecule has 0 aromatic rings. The highest BCUT2D eigenvalue weighted by molar-refractivity contribution is 5.75. The van der Waals surface area contributed by atoms with Crippen LogP contribution in [0.5, 0.6) is 0 Å². The lowest BCUT2D eigenvalue weighted by Gasteiger charge is -2.38. The van der Waals surface area contributed by atoms with E-state index in [9.17, 15) is 9.90 Å². The Labute approximate surface area is 104 Å². The molecule has 0 aromatic carbocycles. The highest BCUT2D eigenvalue weighted by Gasteiger charge is 2.41. The standard InChI is InChI=1S/C13H25NO3/c1-11-4-6-13(7-5-11,12(15)16)10-14(2)8-9-17-3/h11H,4-10H2,1-3H3,(H,15,16). The number of nitrogens with zero attached hydrogens (tertiary/aromatic N) is 1. The largest absolute Gasteiger partial charge is 0.481 e. The maximum atomic E-state index is 11.5. The molecule has 17 heavy (non-hydrogen) atoms. The van der Waals surface area contributed by atoms with Gasteiger partial charge in [0, 0.05) is 20.2 Å². The van der Waals surface area contributed by atoms with Crippen LogP contribution >= 0.6 is 0 Å². The monoisotopic (exact) mass is 243 g/mol. The molecular formula is C13H25NO3. The summed E-state index contributed by atoms with van der Waals surface area (Å²) in [5, 5.41) is 9.49. The van der Waals surface area contributed by atoms with Gasteiger partial charge in [0.05, 0.1) is 12.0 Å². The molecule has 0 amide bonds. The van der Waals surface area contributed by atoms with Crippen LogP contribution in [0.1, 0.15) is 32.6 Å². The summed E-state index contributed by atoms with van der Waals surface area (Å²) in [6.45, 7) is 4.29. The van der Waals surface area contributed by atoms with Crippen molar-refractivity contribution in [2.45, 2.75) is 32.6 Å². The van der Waals surface area contributed by atoms with E-state index < -0.39 is 11.4 Å². The van der Waals surface area contributed by atoms with Crippen molar-refractivity contribution in [1.29, 1.82) is 0 Å². The summed E-state index contributed by atoms with van der Waals surface area (Å²) in [6.07, 6.45) is 3.68. The number of hydrogen-bond acceptors (Lipinski definition) is 3. The van der Waals surface area contributed by atoms with Crippen molar-refractivity contribution in [3.63, 3.8) is 0 Å². The first-order valence-electron chi connectivity index (χ1n) is 6.41. The van der Waals surface area contributed by atoms with Gasteiger partial charge in [0.15, 0.2) is 0 Å². The van der Waals surface area contributed by atoms with Crippen molar-refractivity contribution in [3.05, 3.63) is 0 Å². The van der Waals surface area contributed by atoms with Gasteiger partial charge in [0.25, 0.3) is 0 Å². The van der Waals surface area contributed by atoms with Crippen molar-refractivity contribution in [1.82, 2.24) is 4.90 Å². The van der Waals surface area contributed by atoms with Crippen molar-refractivity contribution in [2.24, 2.45) is 11.3 Å². The average molecular weight is 243 g/mol. The number of aliphatic carboxylic acids is 1. The molecule has 1 aliphatic carbocycles. The van der Waals surface area contributed by atoms with E-state index in [1.807, 2.05) is 7.05 Å². The number of carbonyl (C=O) groups is 1. The van der Waals surface area contributed by atoms with Crippen molar-refractivity contribution in [2.75, 3.05) is 33.9 Å². The van der Waals surface area contributed by atoms with Gasteiger partial charge in [-0.1, -0.05) is 6.92 Å². The molecule has 0 heterocycles. The van der Waals surface area contributed by atoms with Gasteiger partial charge < -0.3 is 14.7 Å². The third-order valence-corrected chi connectivity index (χ3v) is 3.93. The molecule has 0 radical (unpaired) electrons. The number of likely N-dealkylation sites (N-methyl/N-ethyl adjacent to an activating group) is 1. The lowest BCUT2D eigenvalue weighted by atomic mass is 9.70. The minimum Gasteiger partial charge on any atom is -0.481 e. The fourth-order valence-corrected chi connectivity index (χ4v) is 2.60. The van der Waals surface area contributed by atoms with Crippen LogP contribution in [0.25, 0.3) is 0 Å². The van der Waals surface area contributed by atoms with Crippen LogP contribution in [-0.2, 0) is 9.53 Å². The quantitative estimate of drug-likeness (QED) is 0.773. The highest BCUT2D eigenvalue weighted by atomic mass is 16.5. The average Bonchev–Trinajstić information content (AvgIpc) is 2.29. The molecule has 0 bridgehead atoms. The van der Waals surface area contributed by atoms with Crippen LogP contribution < -0.4 is 0 Å². The molecule has 1 saturated carbocycles. The van der Waals surface area contributed by atoms with Gasteiger partial charge in [-0.05, 0) is 38.6 Å². The first kappa shape index (κ1) is 14.5. The number of carboxylic acid groups (broad SMARTS) is 1. The van der Waals surface area contributed by atoms with E-state index in [2.05, 4.69) is 11.8 Å². The van der Waals surface area contributed by atoms with Gasteiger partial charge in [-0.15, -0.1) is 0 Å². The molecule has 0 saturated heterocycles. The SMILES string of the molecule is COCCN(C)CC1(C(=O)O)CCC(C)CC1. The van der Waals surface area contributed by atoms with E-state index in [0.29, 0.717) is 19.1 Å². The smallest absolute Gasteiger partial charge is 0.310 e. The molecule has 1 N–H and O–H groups in total. The normalized spacial score (nSPS) is 29.5. The van der Waals surface area contributed by atoms with Crippen molar-refractivity contribution in [3.8, 4) is 0 Å². The first-order chi connectivity index (χ1) is 8.00. The number of carboxylic acids is 1. The topological polar surface area (TPSA) is 49.8 Å². The summed E-state index contributed by atoms with van der Waals surface area (Å²) in [5.41, 5.74) is -0.533. The molecule has 100 valence electrons. The molecule has 0 spiro atoms. The van der Waals surface area contributed by atoms with Crippen LogP contribution in [0.3, 0.4) is 0 Å². The fraction of sp³-hybridized carbons (Fsp3) is 0.923. The summed E-state index contributed by atoms with van der Waals surface area (Å²) in [7, 11) is 3.64. The molecule has 1 aliphatic rings. The Hall–Kier alpha value is -0.610. The third kappa shape index (κ3) is 3.96. The van der Waals surface area contributed by atoms with Gasteiger partial charge in [-0.2, -0.15) is 0 Å². The van der Waals surface area contributed by atoms with Gasteiger partial charge >= 0.3 is 5.97 Å². The minimum absolute atomic E-state index is 0.533. The predicted octanol–water partition coefficient (Wildman–Crippen LogP) is 1.85. The van der Waals surface area contributed by atoms with E-state index in [0.717, 1.165) is 32.2 Å². The Morgan fingerprint density at radius 2 is 2.06 bits per heavy atom. The third-order valence-electron chi connectivity index (χ3n) is 3.93. The van der Waals surface area contributed by atoms with E-state index in [1.165, 1.54) is 0 Å². The summed E-state index contributed by atoms with van der Waals surface area (Å²) < 4.78 is 5.02. The molecule has 0 aliphatic heterocycles. The molecule has 0 aromatic heterocycles. The number of methoxy groups -OCH3 is 1. The Balaban J connectivity index is 2.56. The summed E-state index contributed by atoms with van der Waals surface area (Å²) in [6, 6.07) is 0. The zero-order valence-electron chi connectivity index (χ0n) is 11.2. The molecule has 0 unspecified atom stereocenters. The lowest BCUT2D eigenvalue weighted by Crippen LogP contribution is -2.44. The van der Waals surface area contributed by atoms with Crippen LogP contribution in [0.4, 0.5) is 0 Å². The number of hydrogen-bond donors (Lipinski definition) is 1. The predicted molar refractivity (Wildman–Crippen MR) is 67.1 cm³/mol. The molecule has 1 fully saturated rings. The second-order valence-corrected chi connectivity index (χ2v) is 5.50. The van der Waals surface area contributed by atoms with Crippen molar-refractivity contribution < 1.29 is 14.6 Å². The van der Waals surface area contributed by atoms with Crippen molar-refractivity contribution >= 4 is 5.97 Å². The number of ether oxygens (including phenoxy) is 1. The van der Waals surface area contributed by atoms with Gasteiger partial charge in [-0.25, -0.2) is 0 Å². The second kappa shape index (κ2) is 6.36. The Morgan fingerprint density at radius 3 is 2.53 bits per heavy atom. The fourth-order valence-electron chi connectivity index (χ4n) is 2.60. The van der Waals surface area contributed by atoms with Crippen LogP contribution in [-0.4, -0.2) is 49.8 Å². The number of rotatable bonds is 6. The van der Waals surface area contributed by atoms with Gasteiger partial charge in [0.1, 0.15) is 0 Å². The zero-order chi connectivity index (χ0) is 12.9. The maximum absolute atomic E-state index is 11.5.